The first-order valence-electron chi connectivity index (χ1n) is 3.43. The van der Waals surface area contributed by atoms with E-state index in [2.05, 4.69) is 9.97 Å². The summed E-state index contributed by atoms with van der Waals surface area (Å²) in [6.45, 7) is 3.67. The Hall–Kier alpha value is -1.38. The number of allylic oxidation sites excluding steroid dienone is 1. The second kappa shape index (κ2) is 3.14. The van der Waals surface area contributed by atoms with E-state index in [1.165, 1.54) is 6.07 Å². The van der Waals surface area contributed by atoms with Gasteiger partial charge >= 0.3 is 0 Å². The monoisotopic (exact) mass is 150 g/mol. The number of H-pyrrole nitrogens is 1. The van der Waals surface area contributed by atoms with Crippen LogP contribution in [-0.4, -0.2) is 9.97 Å². The summed E-state index contributed by atoms with van der Waals surface area (Å²) in [6.07, 6.45) is 3.59. The van der Waals surface area contributed by atoms with Crippen molar-refractivity contribution in [1.29, 1.82) is 0 Å². The second-order valence-electron chi connectivity index (χ2n) is 2.27. The molecular weight excluding hydrogens is 140 g/mol. The maximum absolute atomic E-state index is 10.9. The SMILES string of the molecule is C/C=C/c1nc(C)cc(=O)[nH]1. The molecule has 0 radical (unpaired) electrons. The first-order valence-corrected chi connectivity index (χ1v) is 3.43. The average molecular weight is 150 g/mol. The van der Waals surface area contributed by atoms with Crippen molar-refractivity contribution in [3.63, 3.8) is 0 Å². The summed E-state index contributed by atoms with van der Waals surface area (Å²) >= 11 is 0. The summed E-state index contributed by atoms with van der Waals surface area (Å²) in [5, 5.41) is 0. The zero-order valence-corrected chi connectivity index (χ0v) is 6.59. The van der Waals surface area contributed by atoms with Gasteiger partial charge in [-0.05, 0) is 19.9 Å². The summed E-state index contributed by atoms with van der Waals surface area (Å²) < 4.78 is 0. The minimum absolute atomic E-state index is 0.106. The van der Waals surface area contributed by atoms with Gasteiger partial charge < -0.3 is 4.98 Å². The molecular formula is C8H10N2O. The van der Waals surface area contributed by atoms with Crippen LogP contribution < -0.4 is 5.56 Å². The molecule has 3 nitrogen and oxygen atoms in total. The van der Waals surface area contributed by atoms with E-state index in [0.717, 1.165) is 5.69 Å². The van der Waals surface area contributed by atoms with Crippen molar-refractivity contribution >= 4 is 6.08 Å². The molecule has 1 heterocycles. The molecule has 0 saturated heterocycles. The lowest BCUT2D eigenvalue weighted by Crippen LogP contribution is -2.08. The molecule has 1 rings (SSSR count). The highest BCUT2D eigenvalue weighted by molar-refractivity contribution is 5.38. The molecule has 0 bridgehead atoms. The van der Waals surface area contributed by atoms with Crippen LogP contribution in [0.1, 0.15) is 18.4 Å². The van der Waals surface area contributed by atoms with Gasteiger partial charge in [0.25, 0.3) is 5.56 Å². The van der Waals surface area contributed by atoms with Gasteiger partial charge in [-0.2, -0.15) is 0 Å². The smallest absolute Gasteiger partial charge is 0.251 e. The normalized spacial score (nSPS) is 10.7. The molecule has 1 N–H and O–H groups in total. The van der Waals surface area contributed by atoms with Gasteiger partial charge in [-0.25, -0.2) is 4.98 Å². The molecule has 0 spiro atoms. The van der Waals surface area contributed by atoms with Crippen molar-refractivity contribution in [2.45, 2.75) is 13.8 Å². The standard InChI is InChI=1S/C8H10N2O/c1-3-4-7-9-6(2)5-8(11)10-7/h3-5H,1-2H3,(H,9,10,11)/b4-3+. The summed E-state index contributed by atoms with van der Waals surface area (Å²) in [7, 11) is 0. The number of aryl methyl sites for hydroxylation is 1. The highest BCUT2D eigenvalue weighted by atomic mass is 16.1. The van der Waals surface area contributed by atoms with Gasteiger partial charge in [0.2, 0.25) is 0 Å². The molecule has 1 aromatic rings. The van der Waals surface area contributed by atoms with E-state index >= 15 is 0 Å². The number of aromatic nitrogens is 2. The Bertz CT molecular complexity index is 325. The van der Waals surface area contributed by atoms with Gasteiger partial charge in [0.05, 0.1) is 0 Å². The van der Waals surface area contributed by atoms with Crippen LogP contribution >= 0.6 is 0 Å². The van der Waals surface area contributed by atoms with Crippen molar-refractivity contribution in [3.8, 4) is 0 Å². The van der Waals surface area contributed by atoms with Crippen LogP contribution in [0.5, 0.6) is 0 Å². The number of hydrogen-bond donors (Lipinski definition) is 1. The fourth-order valence-corrected chi connectivity index (χ4v) is 0.839. The lowest BCUT2D eigenvalue weighted by Gasteiger charge is -1.93. The topological polar surface area (TPSA) is 45.8 Å². The number of nitrogens with zero attached hydrogens (tertiary/aromatic N) is 1. The Labute approximate surface area is 64.8 Å². The summed E-state index contributed by atoms with van der Waals surface area (Å²) in [6, 6.07) is 1.47. The van der Waals surface area contributed by atoms with Gasteiger partial charge in [-0.1, -0.05) is 6.08 Å². The zero-order valence-electron chi connectivity index (χ0n) is 6.59. The summed E-state index contributed by atoms with van der Waals surface area (Å²) in [5.41, 5.74) is 0.632. The molecule has 0 aromatic carbocycles. The highest BCUT2D eigenvalue weighted by Gasteiger charge is 1.91. The lowest BCUT2D eigenvalue weighted by molar-refractivity contribution is 1.04. The Kier molecular flexibility index (Phi) is 2.21. The highest BCUT2D eigenvalue weighted by Crippen LogP contribution is 1.91. The molecule has 1 aromatic heterocycles. The van der Waals surface area contributed by atoms with E-state index in [-0.39, 0.29) is 5.56 Å². The Morgan fingerprint density at radius 3 is 2.91 bits per heavy atom. The summed E-state index contributed by atoms with van der Waals surface area (Å²) in [4.78, 5) is 17.5. The zero-order chi connectivity index (χ0) is 8.27. The van der Waals surface area contributed by atoms with Crippen molar-refractivity contribution in [2.75, 3.05) is 0 Å². The molecule has 0 aliphatic heterocycles. The summed E-state index contributed by atoms with van der Waals surface area (Å²) in [5.74, 6) is 0.609. The molecule has 0 aliphatic carbocycles. The van der Waals surface area contributed by atoms with E-state index in [1.54, 1.807) is 13.0 Å². The number of aromatic amines is 1. The van der Waals surface area contributed by atoms with Crippen molar-refractivity contribution in [3.05, 3.63) is 34.0 Å². The van der Waals surface area contributed by atoms with E-state index in [9.17, 15) is 4.79 Å². The Morgan fingerprint density at radius 1 is 1.64 bits per heavy atom. The third-order valence-electron chi connectivity index (χ3n) is 1.21. The van der Waals surface area contributed by atoms with Crippen LogP contribution in [-0.2, 0) is 0 Å². The van der Waals surface area contributed by atoms with Crippen molar-refractivity contribution < 1.29 is 0 Å². The molecule has 0 atom stereocenters. The second-order valence-corrected chi connectivity index (χ2v) is 2.27. The fourth-order valence-electron chi connectivity index (χ4n) is 0.839. The Morgan fingerprint density at radius 2 is 2.36 bits per heavy atom. The van der Waals surface area contributed by atoms with E-state index < -0.39 is 0 Å². The molecule has 0 unspecified atom stereocenters. The van der Waals surface area contributed by atoms with Gasteiger partial charge in [0, 0.05) is 11.8 Å². The van der Waals surface area contributed by atoms with Gasteiger partial charge in [-0.15, -0.1) is 0 Å². The third-order valence-corrected chi connectivity index (χ3v) is 1.21. The van der Waals surface area contributed by atoms with Gasteiger partial charge in [0.15, 0.2) is 0 Å². The van der Waals surface area contributed by atoms with Crippen LogP contribution in [0.2, 0.25) is 0 Å². The van der Waals surface area contributed by atoms with Crippen LogP contribution in [0.15, 0.2) is 16.9 Å². The van der Waals surface area contributed by atoms with E-state index in [1.807, 2.05) is 13.0 Å². The van der Waals surface area contributed by atoms with Crippen molar-refractivity contribution in [2.24, 2.45) is 0 Å². The largest absolute Gasteiger partial charge is 0.307 e. The van der Waals surface area contributed by atoms with E-state index in [4.69, 9.17) is 0 Å². The molecule has 0 saturated carbocycles. The maximum Gasteiger partial charge on any atom is 0.251 e. The van der Waals surface area contributed by atoms with E-state index in [0.29, 0.717) is 5.82 Å². The van der Waals surface area contributed by atoms with Gasteiger partial charge in [-0.3, -0.25) is 4.79 Å². The first kappa shape index (κ1) is 7.72. The predicted molar refractivity (Wildman–Crippen MR) is 44.3 cm³/mol. The van der Waals surface area contributed by atoms with Crippen molar-refractivity contribution in [1.82, 2.24) is 9.97 Å². The number of nitrogens with one attached hydrogen (secondary N) is 1. The van der Waals surface area contributed by atoms with Crippen LogP contribution in [0, 0.1) is 6.92 Å². The molecule has 3 heteroatoms. The predicted octanol–water partition coefficient (Wildman–Crippen LogP) is 1.11. The molecule has 0 amide bonds. The maximum atomic E-state index is 10.9. The third kappa shape index (κ3) is 2.04. The minimum atomic E-state index is -0.106. The van der Waals surface area contributed by atoms with Crippen LogP contribution in [0.4, 0.5) is 0 Å². The lowest BCUT2D eigenvalue weighted by atomic mass is 10.4. The quantitative estimate of drug-likeness (QED) is 0.651. The molecule has 0 aliphatic rings. The number of hydrogen-bond acceptors (Lipinski definition) is 2. The first-order chi connectivity index (χ1) is 5.22. The molecule has 11 heavy (non-hydrogen) atoms. The minimum Gasteiger partial charge on any atom is -0.307 e. The average Bonchev–Trinajstić information content (AvgIpc) is 1.85. The van der Waals surface area contributed by atoms with Crippen LogP contribution in [0.3, 0.4) is 0 Å². The molecule has 0 fully saturated rings. The van der Waals surface area contributed by atoms with Gasteiger partial charge in [0.1, 0.15) is 5.82 Å². The van der Waals surface area contributed by atoms with Crippen LogP contribution in [0.25, 0.3) is 6.08 Å². The molecule has 58 valence electrons. The fraction of sp³-hybridized carbons (Fsp3) is 0.250. The number of rotatable bonds is 1. The Balaban J connectivity index is 3.19.